The monoisotopic (exact) mass is 212 g/mol. The molecule has 0 aromatic carbocycles. The highest BCUT2D eigenvalue weighted by Gasteiger charge is 2.23. The minimum absolute atomic E-state index is 0.109. The maximum absolute atomic E-state index is 11.7. The van der Waals surface area contributed by atoms with Crippen molar-refractivity contribution in [2.45, 2.75) is 20.3 Å². The van der Waals surface area contributed by atoms with Crippen LogP contribution in [0.4, 0.5) is 0 Å². The largest absolute Gasteiger partial charge is 0.343 e. The van der Waals surface area contributed by atoms with Crippen molar-refractivity contribution >= 4 is 11.7 Å². The Bertz CT molecular complexity index is 253. The van der Waals surface area contributed by atoms with Gasteiger partial charge >= 0.3 is 0 Å². The van der Waals surface area contributed by atoms with Gasteiger partial charge in [-0.15, -0.1) is 0 Å². The Morgan fingerprint density at radius 1 is 1.47 bits per heavy atom. The molecule has 1 heterocycles. The summed E-state index contributed by atoms with van der Waals surface area (Å²) in [6, 6.07) is 0. The van der Waals surface area contributed by atoms with Gasteiger partial charge < -0.3 is 4.90 Å². The molecule has 1 fully saturated rings. The molecule has 0 aromatic heterocycles. The van der Waals surface area contributed by atoms with Crippen molar-refractivity contribution in [2.24, 2.45) is 5.92 Å². The van der Waals surface area contributed by atoms with Crippen molar-refractivity contribution in [1.82, 2.24) is 9.80 Å². The number of hydrogen-bond donors (Lipinski definition) is 0. The summed E-state index contributed by atoms with van der Waals surface area (Å²) in [6.45, 7) is 6.31. The van der Waals surface area contributed by atoms with Crippen molar-refractivity contribution in [1.29, 1.82) is 0 Å². The molecule has 0 spiro atoms. The van der Waals surface area contributed by atoms with Gasteiger partial charge in [0, 0.05) is 26.1 Å². The molecule has 1 amide bonds. The van der Waals surface area contributed by atoms with Gasteiger partial charge in [0.05, 0.1) is 13.1 Å². The number of likely N-dealkylation sites (N-methyl/N-ethyl adjacent to an activating group) is 1. The molecule has 4 nitrogen and oxygen atoms in total. The third-order valence-electron chi connectivity index (χ3n) is 3.08. The zero-order valence-electron chi connectivity index (χ0n) is 9.82. The molecule has 86 valence electrons. The molecule has 1 atom stereocenters. The summed E-state index contributed by atoms with van der Waals surface area (Å²) in [7, 11) is 1.80. The van der Waals surface area contributed by atoms with E-state index in [0.29, 0.717) is 13.1 Å². The smallest absolute Gasteiger partial charge is 0.236 e. The van der Waals surface area contributed by atoms with E-state index >= 15 is 0 Å². The van der Waals surface area contributed by atoms with Gasteiger partial charge in [0.2, 0.25) is 5.91 Å². The third kappa shape index (κ3) is 3.30. The van der Waals surface area contributed by atoms with Crippen LogP contribution in [0.1, 0.15) is 20.3 Å². The van der Waals surface area contributed by atoms with Crippen molar-refractivity contribution < 1.29 is 9.59 Å². The van der Waals surface area contributed by atoms with E-state index in [-0.39, 0.29) is 17.6 Å². The number of ketones is 1. The molecular formula is C11H20N2O2. The number of piperazine rings is 1. The lowest BCUT2D eigenvalue weighted by Gasteiger charge is -2.31. The minimum Gasteiger partial charge on any atom is -0.343 e. The number of carbonyl (C=O) groups excluding carboxylic acids is 2. The van der Waals surface area contributed by atoms with E-state index in [1.165, 1.54) is 0 Å². The van der Waals surface area contributed by atoms with Crippen LogP contribution < -0.4 is 0 Å². The zero-order valence-corrected chi connectivity index (χ0v) is 9.82. The maximum atomic E-state index is 11.7. The fourth-order valence-electron chi connectivity index (χ4n) is 1.55. The van der Waals surface area contributed by atoms with Gasteiger partial charge in [-0.1, -0.05) is 13.8 Å². The number of Topliss-reactive ketones (excluding diaryl/α,β-unsaturated/α-hetero) is 1. The van der Waals surface area contributed by atoms with Crippen molar-refractivity contribution in [3.63, 3.8) is 0 Å². The Labute approximate surface area is 91.2 Å². The molecule has 0 radical (unpaired) electrons. The van der Waals surface area contributed by atoms with E-state index in [9.17, 15) is 9.59 Å². The summed E-state index contributed by atoms with van der Waals surface area (Å²) in [5, 5.41) is 0. The second-order valence-corrected chi connectivity index (χ2v) is 4.30. The number of rotatable bonds is 4. The molecule has 0 saturated carbocycles. The lowest BCUT2D eigenvalue weighted by molar-refractivity contribution is -0.135. The van der Waals surface area contributed by atoms with Crippen LogP contribution in [0, 0.1) is 5.92 Å². The average molecular weight is 212 g/mol. The van der Waals surface area contributed by atoms with Crippen LogP contribution >= 0.6 is 0 Å². The second-order valence-electron chi connectivity index (χ2n) is 4.30. The summed E-state index contributed by atoms with van der Waals surface area (Å²) < 4.78 is 0. The quantitative estimate of drug-likeness (QED) is 0.676. The highest BCUT2D eigenvalue weighted by molar-refractivity contribution is 5.84. The fourth-order valence-corrected chi connectivity index (χ4v) is 1.55. The highest BCUT2D eigenvalue weighted by atomic mass is 16.2. The minimum atomic E-state index is 0.109. The van der Waals surface area contributed by atoms with E-state index in [2.05, 4.69) is 0 Å². The molecule has 1 saturated heterocycles. The Morgan fingerprint density at radius 3 is 2.67 bits per heavy atom. The van der Waals surface area contributed by atoms with E-state index < -0.39 is 0 Å². The van der Waals surface area contributed by atoms with Crippen LogP contribution in [-0.2, 0) is 9.59 Å². The lowest BCUT2D eigenvalue weighted by Crippen LogP contribution is -2.50. The first-order valence-corrected chi connectivity index (χ1v) is 5.53. The lowest BCUT2D eigenvalue weighted by atomic mass is 10.0. The average Bonchev–Trinajstić information content (AvgIpc) is 2.22. The molecule has 0 N–H and O–H groups in total. The number of carbonyl (C=O) groups is 2. The zero-order chi connectivity index (χ0) is 11.4. The van der Waals surface area contributed by atoms with Gasteiger partial charge in [-0.2, -0.15) is 0 Å². The van der Waals surface area contributed by atoms with Crippen LogP contribution in [0.15, 0.2) is 0 Å². The highest BCUT2D eigenvalue weighted by Crippen LogP contribution is 2.06. The first-order chi connectivity index (χ1) is 7.04. The number of amides is 1. The molecule has 4 heteroatoms. The first kappa shape index (κ1) is 12.2. The Hall–Kier alpha value is -0.900. The Kier molecular flexibility index (Phi) is 4.27. The Balaban J connectivity index is 2.40. The maximum Gasteiger partial charge on any atom is 0.236 e. The van der Waals surface area contributed by atoms with Crippen molar-refractivity contribution in [3.05, 3.63) is 0 Å². The van der Waals surface area contributed by atoms with E-state index in [4.69, 9.17) is 0 Å². The Morgan fingerprint density at radius 2 is 2.13 bits per heavy atom. The van der Waals surface area contributed by atoms with E-state index in [0.717, 1.165) is 19.5 Å². The topological polar surface area (TPSA) is 40.6 Å². The fraction of sp³-hybridized carbons (Fsp3) is 0.818. The predicted molar refractivity (Wildman–Crippen MR) is 58.5 cm³/mol. The van der Waals surface area contributed by atoms with Gasteiger partial charge in [-0.3, -0.25) is 14.5 Å². The molecule has 0 aliphatic carbocycles. The van der Waals surface area contributed by atoms with Gasteiger partial charge in [0.15, 0.2) is 0 Å². The molecular weight excluding hydrogens is 192 g/mol. The van der Waals surface area contributed by atoms with Gasteiger partial charge in [-0.05, 0) is 6.42 Å². The SMILES string of the molecule is CCC(C)C(=O)CN1CCN(C)C(=O)C1. The summed E-state index contributed by atoms with van der Waals surface area (Å²) in [5.41, 5.74) is 0. The van der Waals surface area contributed by atoms with E-state index in [1.54, 1.807) is 11.9 Å². The van der Waals surface area contributed by atoms with Gasteiger partial charge in [-0.25, -0.2) is 0 Å². The molecule has 1 aliphatic heterocycles. The molecule has 1 unspecified atom stereocenters. The van der Waals surface area contributed by atoms with Crippen LogP contribution in [0.5, 0.6) is 0 Å². The molecule has 1 rings (SSSR count). The van der Waals surface area contributed by atoms with Gasteiger partial charge in [0.25, 0.3) is 0 Å². The van der Waals surface area contributed by atoms with Crippen LogP contribution in [-0.4, -0.2) is 54.7 Å². The summed E-state index contributed by atoms with van der Waals surface area (Å²) in [5.74, 6) is 0.466. The van der Waals surface area contributed by atoms with Crippen LogP contribution in [0.2, 0.25) is 0 Å². The third-order valence-corrected chi connectivity index (χ3v) is 3.08. The summed E-state index contributed by atoms with van der Waals surface area (Å²) in [4.78, 5) is 26.7. The predicted octanol–water partition coefficient (Wildman–Crippen LogP) is 0.376. The normalized spacial score (nSPS) is 20.5. The van der Waals surface area contributed by atoms with Crippen molar-refractivity contribution in [2.75, 3.05) is 33.2 Å². The van der Waals surface area contributed by atoms with Crippen LogP contribution in [0.3, 0.4) is 0 Å². The summed E-state index contributed by atoms with van der Waals surface area (Å²) in [6.07, 6.45) is 0.876. The summed E-state index contributed by atoms with van der Waals surface area (Å²) >= 11 is 0. The van der Waals surface area contributed by atoms with Gasteiger partial charge in [0.1, 0.15) is 5.78 Å². The van der Waals surface area contributed by atoms with Crippen LogP contribution in [0.25, 0.3) is 0 Å². The standard InChI is InChI=1S/C11H20N2O2/c1-4-9(2)10(14)7-13-6-5-12(3)11(15)8-13/h9H,4-8H2,1-3H3. The molecule has 15 heavy (non-hydrogen) atoms. The second kappa shape index (κ2) is 5.26. The molecule has 0 bridgehead atoms. The molecule has 0 aromatic rings. The number of nitrogens with zero attached hydrogens (tertiary/aromatic N) is 2. The van der Waals surface area contributed by atoms with Crippen molar-refractivity contribution in [3.8, 4) is 0 Å². The number of hydrogen-bond acceptors (Lipinski definition) is 3. The molecule has 1 aliphatic rings. The van der Waals surface area contributed by atoms with E-state index in [1.807, 2.05) is 18.7 Å². The first-order valence-electron chi connectivity index (χ1n) is 5.53.